The van der Waals surface area contributed by atoms with Crippen molar-refractivity contribution in [1.82, 2.24) is 10.6 Å². The van der Waals surface area contributed by atoms with Gasteiger partial charge >= 0.3 is 0 Å². The van der Waals surface area contributed by atoms with E-state index in [-0.39, 0.29) is 0 Å². The van der Waals surface area contributed by atoms with Gasteiger partial charge in [0.2, 0.25) is 0 Å². The van der Waals surface area contributed by atoms with Gasteiger partial charge < -0.3 is 15.1 Å². The summed E-state index contributed by atoms with van der Waals surface area (Å²) in [6.07, 6.45) is 0. The molecule has 1 rings (SSSR count). The monoisotopic (exact) mass is 237 g/mol. The third kappa shape index (κ3) is 4.51. The Morgan fingerprint density at radius 1 is 1.41 bits per heavy atom. The van der Waals surface area contributed by atoms with Gasteiger partial charge in [-0.15, -0.1) is 0 Å². The SMILES string of the molecule is CCNC(=NCc1cc(C)oc1C)NC(C)C. The van der Waals surface area contributed by atoms with E-state index in [1.165, 1.54) is 0 Å². The molecule has 0 aromatic carbocycles. The van der Waals surface area contributed by atoms with Crippen molar-refractivity contribution in [3.8, 4) is 0 Å². The molecule has 1 aromatic rings. The van der Waals surface area contributed by atoms with Gasteiger partial charge in [-0.1, -0.05) is 0 Å². The molecule has 1 heterocycles. The van der Waals surface area contributed by atoms with Gasteiger partial charge in [-0.2, -0.15) is 0 Å². The van der Waals surface area contributed by atoms with Gasteiger partial charge in [-0.25, -0.2) is 4.99 Å². The Balaban J connectivity index is 2.68. The summed E-state index contributed by atoms with van der Waals surface area (Å²) in [5.74, 6) is 2.74. The summed E-state index contributed by atoms with van der Waals surface area (Å²) in [5.41, 5.74) is 1.14. The van der Waals surface area contributed by atoms with Crippen LogP contribution in [0.3, 0.4) is 0 Å². The van der Waals surface area contributed by atoms with Crippen LogP contribution in [0.25, 0.3) is 0 Å². The van der Waals surface area contributed by atoms with Crippen LogP contribution in [-0.4, -0.2) is 18.5 Å². The van der Waals surface area contributed by atoms with Gasteiger partial charge in [0.05, 0.1) is 6.54 Å². The van der Waals surface area contributed by atoms with E-state index in [4.69, 9.17) is 4.42 Å². The molecular formula is C13H23N3O. The Bertz CT molecular complexity index is 380. The lowest BCUT2D eigenvalue weighted by atomic mass is 10.2. The molecule has 1 aromatic heterocycles. The second kappa shape index (κ2) is 6.33. The second-order valence-electron chi connectivity index (χ2n) is 4.43. The summed E-state index contributed by atoms with van der Waals surface area (Å²) in [6, 6.07) is 2.41. The van der Waals surface area contributed by atoms with E-state index in [0.717, 1.165) is 29.6 Å². The predicted octanol–water partition coefficient (Wildman–Crippen LogP) is 2.36. The zero-order chi connectivity index (χ0) is 12.8. The lowest BCUT2D eigenvalue weighted by Crippen LogP contribution is -2.41. The number of aliphatic imine (C=N–C) groups is 1. The number of hydrogen-bond donors (Lipinski definition) is 2. The van der Waals surface area contributed by atoms with E-state index in [1.807, 2.05) is 19.9 Å². The number of aryl methyl sites for hydroxylation is 2. The largest absolute Gasteiger partial charge is 0.466 e. The number of nitrogens with zero attached hydrogens (tertiary/aromatic N) is 1. The number of guanidine groups is 1. The minimum absolute atomic E-state index is 0.375. The van der Waals surface area contributed by atoms with Crippen LogP contribution < -0.4 is 10.6 Å². The molecule has 96 valence electrons. The lowest BCUT2D eigenvalue weighted by Gasteiger charge is -2.13. The number of furan rings is 1. The van der Waals surface area contributed by atoms with Gasteiger partial charge in [-0.05, 0) is 40.7 Å². The topological polar surface area (TPSA) is 49.6 Å². The van der Waals surface area contributed by atoms with Gasteiger partial charge in [0.25, 0.3) is 0 Å². The summed E-state index contributed by atoms with van der Waals surface area (Å²) >= 11 is 0. The first kappa shape index (κ1) is 13.6. The van der Waals surface area contributed by atoms with E-state index in [2.05, 4.69) is 36.4 Å². The molecular weight excluding hydrogens is 214 g/mol. The highest BCUT2D eigenvalue weighted by Gasteiger charge is 2.05. The standard InChI is InChI=1S/C13H23N3O/c1-6-14-13(16-9(2)3)15-8-12-7-10(4)17-11(12)5/h7,9H,6,8H2,1-5H3,(H2,14,15,16). The maximum Gasteiger partial charge on any atom is 0.191 e. The highest BCUT2D eigenvalue weighted by Crippen LogP contribution is 2.14. The Kier molecular flexibility index (Phi) is 5.07. The molecule has 0 fully saturated rings. The third-order valence-electron chi connectivity index (χ3n) is 2.32. The van der Waals surface area contributed by atoms with Crippen LogP contribution in [0.5, 0.6) is 0 Å². The molecule has 0 saturated heterocycles. The fourth-order valence-corrected chi connectivity index (χ4v) is 1.60. The molecule has 0 aliphatic rings. The molecule has 0 bridgehead atoms. The van der Waals surface area contributed by atoms with Crippen LogP contribution in [0.15, 0.2) is 15.5 Å². The van der Waals surface area contributed by atoms with E-state index < -0.39 is 0 Å². The molecule has 17 heavy (non-hydrogen) atoms. The smallest absolute Gasteiger partial charge is 0.191 e. The average Bonchev–Trinajstić information content (AvgIpc) is 2.53. The Labute approximate surface area is 104 Å². The molecule has 2 N–H and O–H groups in total. The third-order valence-corrected chi connectivity index (χ3v) is 2.32. The van der Waals surface area contributed by atoms with Crippen molar-refractivity contribution >= 4 is 5.96 Å². The molecule has 0 saturated carbocycles. The average molecular weight is 237 g/mol. The summed E-state index contributed by atoms with van der Waals surface area (Å²) in [7, 11) is 0. The molecule has 0 unspecified atom stereocenters. The van der Waals surface area contributed by atoms with E-state index in [0.29, 0.717) is 12.6 Å². The molecule has 0 aliphatic carbocycles. The maximum absolute atomic E-state index is 5.48. The maximum atomic E-state index is 5.48. The summed E-state index contributed by atoms with van der Waals surface area (Å²) in [4.78, 5) is 4.53. The minimum Gasteiger partial charge on any atom is -0.466 e. The molecule has 0 spiro atoms. The molecule has 0 aliphatic heterocycles. The Hall–Kier alpha value is -1.45. The quantitative estimate of drug-likeness (QED) is 0.624. The van der Waals surface area contributed by atoms with E-state index >= 15 is 0 Å². The molecule has 4 nitrogen and oxygen atoms in total. The zero-order valence-corrected chi connectivity index (χ0v) is 11.4. The van der Waals surface area contributed by atoms with Crippen molar-refractivity contribution in [2.75, 3.05) is 6.54 Å². The number of nitrogens with one attached hydrogen (secondary N) is 2. The predicted molar refractivity (Wildman–Crippen MR) is 71.3 cm³/mol. The number of hydrogen-bond acceptors (Lipinski definition) is 2. The zero-order valence-electron chi connectivity index (χ0n) is 11.4. The lowest BCUT2D eigenvalue weighted by molar-refractivity contribution is 0.501. The van der Waals surface area contributed by atoms with Crippen molar-refractivity contribution in [2.45, 2.75) is 47.2 Å². The first-order chi connectivity index (χ1) is 8.02. The normalized spacial score (nSPS) is 12.0. The fourth-order valence-electron chi connectivity index (χ4n) is 1.60. The first-order valence-electron chi connectivity index (χ1n) is 6.13. The van der Waals surface area contributed by atoms with Crippen LogP contribution in [-0.2, 0) is 6.54 Å². The van der Waals surface area contributed by atoms with Crippen molar-refractivity contribution in [1.29, 1.82) is 0 Å². The van der Waals surface area contributed by atoms with Gasteiger partial charge in [0.1, 0.15) is 11.5 Å². The van der Waals surface area contributed by atoms with Crippen molar-refractivity contribution < 1.29 is 4.42 Å². The molecule has 0 atom stereocenters. The summed E-state index contributed by atoms with van der Waals surface area (Å²) < 4.78 is 5.48. The van der Waals surface area contributed by atoms with Crippen molar-refractivity contribution in [3.63, 3.8) is 0 Å². The van der Waals surface area contributed by atoms with Crippen LogP contribution in [0.1, 0.15) is 37.9 Å². The van der Waals surface area contributed by atoms with Crippen LogP contribution in [0.4, 0.5) is 0 Å². The fraction of sp³-hybridized carbons (Fsp3) is 0.615. The summed E-state index contributed by atoms with van der Waals surface area (Å²) in [6.45, 7) is 11.7. The molecule has 0 radical (unpaired) electrons. The van der Waals surface area contributed by atoms with Crippen LogP contribution in [0.2, 0.25) is 0 Å². The first-order valence-corrected chi connectivity index (χ1v) is 6.13. The Morgan fingerprint density at radius 2 is 2.12 bits per heavy atom. The van der Waals surface area contributed by atoms with E-state index in [9.17, 15) is 0 Å². The van der Waals surface area contributed by atoms with Crippen molar-refractivity contribution in [2.24, 2.45) is 4.99 Å². The van der Waals surface area contributed by atoms with Gasteiger partial charge in [0, 0.05) is 18.2 Å². The highest BCUT2D eigenvalue weighted by molar-refractivity contribution is 5.79. The Morgan fingerprint density at radius 3 is 2.59 bits per heavy atom. The van der Waals surface area contributed by atoms with Crippen LogP contribution in [0, 0.1) is 13.8 Å². The van der Waals surface area contributed by atoms with Crippen molar-refractivity contribution in [3.05, 3.63) is 23.2 Å². The van der Waals surface area contributed by atoms with Gasteiger partial charge in [0.15, 0.2) is 5.96 Å². The highest BCUT2D eigenvalue weighted by atomic mass is 16.3. The van der Waals surface area contributed by atoms with Gasteiger partial charge in [-0.3, -0.25) is 0 Å². The van der Waals surface area contributed by atoms with Crippen LogP contribution >= 0.6 is 0 Å². The minimum atomic E-state index is 0.375. The van der Waals surface area contributed by atoms with E-state index in [1.54, 1.807) is 0 Å². The summed E-state index contributed by atoms with van der Waals surface area (Å²) in [5, 5.41) is 6.50. The molecule has 0 amide bonds. The molecule has 4 heteroatoms. The second-order valence-corrected chi connectivity index (χ2v) is 4.43. The number of rotatable bonds is 4.